The number of nitrogens with zero attached hydrogens (tertiary/aromatic N) is 1. The molecule has 1 heterocycles. The van der Waals surface area contributed by atoms with Crippen molar-refractivity contribution in [1.29, 1.82) is 0 Å². The molecule has 0 aromatic rings. The molecule has 88 valence electrons. The van der Waals surface area contributed by atoms with Crippen LogP contribution in [0.25, 0.3) is 0 Å². The fourth-order valence-corrected chi connectivity index (χ4v) is 1.98. The number of carbonyl (C=O) groups excluding carboxylic acids is 1. The number of hydrogen-bond acceptors (Lipinski definition) is 3. The Morgan fingerprint density at radius 1 is 1.67 bits per heavy atom. The highest BCUT2D eigenvalue weighted by atomic mass is 16.3. The molecule has 0 aliphatic carbocycles. The molecule has 0 aromatic carbocycles. The van der Waals surface area contributed by atoms with Gasteiger partial charge in [-0.05, 0) is 19.8 Å². The first kappa shape index (κ1) is 12.5. The number of aliphatic hydroxyl groups is 1. The zero-order valence-corrected chi connectivity index (χ0v) is 9.70. The molecule has 1 aliphatic rings. The molecule has 15 heavy (non-hydrogen) atoms. The normalized spacial score (nSPS) is 24.1. The van der Waals surface area contributed by atoms with E-state index in [0.717, 1.165) is 25.8 Å². The van der Waals surface area contributed by atoms with Gasteiger partial charge in [-0.2, -0.15) is 0 Å². The molecular formula is C11H22N2O2. The van der Waals surface area contributed by atoms with Crippen LogP contribution in [-0.4, -0.2) is 47.7 Å². The molecule has 2 atom stereocenters. The molecular weight excluding hydrogens is 192 g/mol. The van der Waals surface area contributed by atoms with E-state index in [0.29, 0.717) is 13.1 Å². The highest BCUT2D eigenvalue weighted by Crippen LogP contribution is 2.07. The lowest BCUT2D eigenvalue weighted by Gasteiger charge is -2.17. The molecule has 1 rings (SSSR count). The van der Waals surface area contributed by atoms with Crippen molar-refractivity contribution in [3.05, 3.63) is 0 Å². The summed E-state index contributed by atoms with van der Waals surface area (Å²) in [5.74, 6) is 0.0741. The molecule has 0 radical (unpaired) electrons. The van der Waals surface area contributed by atoms with Crippen LogP contribution in [0.2, 0.25) is 0 Å². The summed E-state index contributed by atoms with van der Waals surface area (Å²) < 4.78 is 0. The summed E-state index contributed by atoms with van der Waals surface area (Å²) >= 11 is 0. The van der Waals surface area contributed by atoms with E-state index in [9.17, 15) is 9.90 Å². The van der Waals surface area contributed by atoms with Crippen molar-refractivity contribution in [2.75, 3.05) is 19.6 Å². The highest BCUT2D eigenvalue weighted by Gasteiger charge is 2.22. The van der Waals surface area contributed by atoms with Gasteiger partial charge in [0, 0.05) is 19.1 Å². The standard InChI is InChI=1S/C11H22N2O2/c1-3-4-9(2)12-11(15)8-13-6-5-10(14)7-13/h9-10,14H,3-8H2,1-2H3,(H,12,15)/t9?,10-/m1/s1. The topological polar surface area (TPSA) is 52.6 Å². The predicted molar refractivity (Wildman–Crippen MR) is 59.6 cm³/mol. The van der Waals surface area contributed by atoms with Gasteiger partial charge in [0.1, 0.15) is 0 Å². The molecule has 0 spiro atoms. The summed E-state index contributed by atoms with van der Waals surface area (Å²) in [5, 5.41) is 12.3. The van der Waals surface area contributed by atoms with Crippen LogP contribution in [0.1, 0.15) is 33.1 Å². The largest absolute Gasteiger partial charge is 0.392 e. The summed E-state index contributed by atoms with van der Waals surface area (Å²) in [6.45, 7) is 6.02. The maximum atomic E-state index is 11.6. The van der Waals surface area contributed by atoms with Gasteiger partial charge in [-0.25, -0.2) is 0 Å². The third-order valence-corrected chi connectivity index (χ3v) is 2.74. The van der Waals surface area contributed by atoms with Crippen LogP contribution in [0.3, 0.4) is 0 Å². The van der Waals surface area contributed by atoms with Gasteiger partial charge in [-0.1, -0.05) is 13.3 Å². The average Bonchev–Trinajstić information content (AvgIpc) is 2.51. The van der Waals surface area contributed by atoms with Gasteiger partial charge < -0.3 is 10.4 Å². The van der Waals surface area contributed by atoms with E-state index in [4.69, 9.17) is 0 Å². The molecule has 1 aliphatic heterocycles. The Bertz CT molecular complexity index is 209. The van der Waals surface area contributed by atoms with Gasteiger partial charge >= 0.3 is 0 Å². The first-order valence-electron chi connectivity index (χ1n) is 5.81. The number of likely N-dealkylation sites (tertiary alicyclic amines) is 1. The lowest BCUT2D eigenvalue weighted by Crippen LogP contribution is -2.40. The maximum absolute atomic E-state index is 11.6. The van der Waals surface area contributed by atoms with Crippen LogP contribution >= 0.6 is 0 Å². The quantitative estimate of drug-likeness (QED) is 0.694. The Balaban J connectivity index is 2.18. The smallest absolute Gasteiger partial charge is 0.234 e. The van der Waals surface area contributed by atoms with Crippen LogP contribution < -0.4 is 5.32 Å². The molecule has 0 saturated carbocycles. The van der Waals surface area contributed by atoms with E-state index >= 15 is 0 Å². The van der Waals surface area contributed by atoms with Crippen molar-refractivity contribution in [3.63, 3.8) is 0 Å². The maximum Gasteiger partial charge on any atom is 0.234 e. The Hall–Kier alpha value is -0.610. The third-order valence-electron chi connectivity index (χ3n) is 2.74. The molecule has 1 unspecified atom stereocenters. The molecule has 1 saturated heterocycles. The average molecular weight is 214 g/mol. The Morgan fingerprint density at radius 3 is 2.93 bits per heavy atom. The zero-order chi connectivity index (χ0) is 11.3. The van der Waals surface area contributed by atoms with Gasteiger partial charge in [0.2, 0.25) is 5.91 Å². The van der Waals surface area contributed by atoms with Crippen LogP contribution in [0.4, 0.5) is 0 Å². The summed E-state index contributed by atoms with van der Waals surface area (Å²) in [7, 11) is 0. The Labute approximate surface area is 91.6 Å². The van der Waals surface area contributed by atoms with Gasteiger partial charge in [0.05, 0.1) is 12.6 Å². The summed E-state index contributed by atoms with van der Waals surface area (Å²) in [5.41, 5.74) is 0. The molecule has 2 N–H and O–H groups in total. The second-order valence-corrected chi connectivity index (χ2v) is 4.43. The Morgan fingerprint density at radius 2 is 2.40 bits per heavy atom. The molecule has 0 aromatic heterocycles. The molecule has 4 heteroatoms. The molecule has 1 fully saturated rings. The number of nitrogens with one attached hydrogen (secondary N) is 1. The minimum atomic E-state index is -0.245. The lowest BCUT2D eigenvalue weighted by molar-refractivity contribution is -0.122. The van der Waals surface area contributed by atoms with Crippen molar-refractivity contribution in [1.82, 2.24) is 10.2 Å². The number of hydrogen-bond donors (Lipinski definition) is 2. The van der Waals surface area contributed by atoms with Crippen LogP contribution in [-0.2, 0) is 4.79 Å². The third kappa shape index (κ3) is 4.62. The SMILES string of the molecule is CCCC(C)NC(=O)CN1CC[C@@H](O)C1. The fraction of sp³-hybridized carbons (Fsp3) is 0.909. The van der Waals surface area contributed by atoms with Gasteiger partial charge in [0.15, 0.2) is 0 Å². The van der Waals surface area contributed by atoms with Crippen LogP contribution in [0.5, 0.6) is 0 Å². The van der Waals surface area contributed by atoms with E-state index in [2.05, 4.69) is 12.2 Å². The number of β-amino-alcohol motifs (C(OH)–C–C–N with tert-alkyl or cyclic N) is 1. The van der Waals surface area contributed by atoms with Crippen molar-refractivity contribution >= 4 is 5.91 Å². The van der Waals surface area contributed by atoms with Gasteiger partial charge in [-0.3, -0.25) is 9.69 Å². The van der Waals surface area contributed by atoms with E-state index in [1.54, 1.807) is 0 Å². The summed E-state index contributed by atoms with van der Waals surface area (Å²) in [4.78, 5) is 13.6. The number of aliphatic hydroxyl groups excluding tert-OH is 1. The fourth-order valence-electron chi connectivity index (χ4n) is 1.98. The molecule has 1 amide bonds. The summed E-state index contributed by atoms with van der Waals surface area (Å²) in [6, 6.07) is 0.259. The first-order valence-corrected chi connectivity index (χ1v) is 5.81. The predicted octanol–water partition coefficient (Wildman–Crippen LogP) is 0.358. The second kappa shape index (κ2) is 6.08. The summed E-state index contributed by atoms with van der Waals surface area (Å²) in [6.07, 6.45) is 2.65. The van der Waals surface area contributed by atoms with Gasteiger partial charge in [-0.15, -0.1) is 0 Å². The van der Waals surface area contributed by atoms with Gasteiger partial charge in [0.25, 0.3) is 0 Å². The zero-order valence-electron chi connectivity index (χ0n) is 9.70. The van der Waals surface area contributed by atoms with Crippen LogP contribution in [0, 0.1) is 0 Å². The van der Waals surface area contributed by atoms with Crippen molar-refractivity contribution in [2.24, 2.45) is 0 Å². The van der Waals surface area contributed by atoms with E-state index in [1.165, 1.54) is 0 Å². The second-order valence-electron chi connectivity index (χ2n) is 4.43. The van der Waals surface area contributed by atoms with Crippen LogP contribution in [0.15, 0.2) is 0 Å². The number of rotatable bonds is 5. The minimum absolute atomic E-state index is 0.0741. The minimum Gasteiger partial charge on any atom is -0.392 e. The molecule has 0 bridgehead atoms. The number of carbonyl (C=O) groups is 1. The monoisotopic (exact) mass is 214 g/mol. The van der Waals surface area contributed by atoms with E-state index < -0.39 is 0 Å². The van der Waals surface area contributed by atoms with E-state index in [1.807, 2.05) is 11.8 Å². The number of amides is 1. The van der Waals surface area contributed by atoms with Crippen molar-refractivity contribution < 1.29 is 9.90 Å². The van der Waals surface area contributed by atoms with E-state index in [-0.39, 0.29) is 18.1 Å². The lowest BCUT2D eigenvalue weighted by atomic mass is 10.2. The molecule has 4 nitrogen and oxygen atoms in total. The van der Waals surface area contributed by atoms with Crippen molar-refractivity contribution in [3.8, 4) is 0 Å². The Kier molecular flexibility index (Phi) is 5.05. The van der Waals surface area contributed by atoms with Crippen molar-refractivity contribution in [2.45, 2.75) is 45.3 Å². The highest BCUT2D eigenvalue weighted by molar-refractivity contribution is 5.78. The first-order chi connectivity index (χ1) is 7.11.